The molecule has 0 spiro atoms. The van der Waals surface area contributed by atoms with Crippen LogP contribution in [0.25, 0.3) is 0 Å². The summed E-state index contributed by atoms with van der Waals surface area (Å²) in [5.41, 5.74) is 7.54. The lowest BCUT2D eigenvalue weighted by Crippen LogP contribution is -2.39. The van der Waals surface area contributed by atoms with Gasteiger partial charge < -0.3 is 5.43 Å². The van der Waals surface area contributed by atoms with E-state index in [1.165, 1.54) is 29.8 Å². The van der Waals surface area contributed by atoms with Crippen LogP contribution in [0, 0.1) is 13.8 Å². The molecule has 0 bridgehead atoms. The first-order valence-corrected chi connectivity index (χ1v) is 7.18. The van der Waals surface area contributed by atoms with Crippen LogP contribution in [-0.2, 0) is 0 Å². The van der Waals surface area contributed by atoms with Crippen LogP contribution in [0.2, 0.25) is 5.02 Å². The quantitative estimate of drug-likeness (QED) is 0.885. The van der Waals surface area contributed by atoms with Gasteiger partial charge >= 0.3 is 0 Å². The number of aromatic nitrogens is 1. The van der Waals surface area contributed by atoms with E-state index in [4.69, 9.17) is 11.6 Å². The van der Waals surface area contributed by atoms with E-state index in [1.807, 2.05) is 12.1 Å². The number of benzene rings is 1. The normalized spacial score (nSPS) is 22.1. The molecule has 1 heterocycles. The summed E-state index contributed by atoms with van der Waals surface area (Å²) in [5.74, 6) is 0.672. The number of rotatable bonds is 3. The molecular formula is C16H19ClN2. The van der Waals surface area contributed by atoms with Gasteiger partial charge in [-0.2, -0.15) is 0 Å². The molecule has 1 aliphatic rings. The van der Waals surface area contributed by atoms with E-state index < -0.39 is 0 Å². The average molecular weight is 275 g/mol. The minimum Gasteiger partial charge on any atom is -0.323 e. The van der Waals surface area contributed by atoms with Gasteiger partial charge in [-0.25, -0.2) is 0 Å². The molecule has 3 heteroatoms. The second-order valence-electron chi connectivity index (χ2n) is 5.50. The maximum absolute atomic E-state index is 5.92. The zero-order valence-corrected chi connectivity index (χ0v) is 12.1. The summed E-state index contributed by atoms with van der Waals surface area (Å²) in [6.45, 7) is 4.27. The van der Waals surface area contributed by atoms with E-state index in [1.54, 1.807) is 0 Å². The van der Waals surface area contributed by atoms with Crippen LogP contribution >= 0.6 is 11.6 Å². The van der Waals surface area contributed by atoms with Gasteiger partial charge in [0.25, 0.3) is 0 Å². The van der Waals surface area contributed by atoms with Gasteiger partial charge in [-0.3, -0.25) is 4.68 Å². The van der Waals surface area contributed by atoms with Crippen molar-refractivity contribution in [2.45, 2.75) is 38.6 Å². The molecule has 1 aromatic heterocycles. The molecule has 19 heavy (non-hydrogen) atoms. The Hall–Kier alpha value is -1.41. The number of nitrogens with one attached hydrogen (secondary N) is 1. The molecule has 100 valence electrons. The highest BCUT2D eigenvalue weighted by Crippen LogP contribution is 2.37. The first-order valence-electron chi connectivity index (χ1n) is 6.80. The van der Waals surface area contributed by atoms with Crippen molar-refractivity contribution in [1.29, 1.82) is 0 Å². The molecule has 0 radical (unpaired) electrons. The van der Waals surface area contributed by atoms with Crippen LogP contribution < -0.4 is 5.43 Å². The highest BCUT2D eigenvalue weighted by Gasteiger charge is 2.30. The van der Waals surface area contributed by atoms with Crippen molar-refractivity contribution in [2.75, 3.05) is 5.43 Å². The summed E-state index contributed by atoms with van der Waals surface area (Å²) in [7, 11) is 0. The maximum Gasteiger partial charge on any atom is 0.0436 e. The number of hydrogen-bond donors (Lipinski definition) is 1. The molecule has 1 saturated carbocycles. The molecule has 0 saturated heterocycles. The predicted molar refractivity (Wildman–Crippen MR) is 80.5 cm³/mol. The Bertz CT molecular complexity index is 545. The molecule has 0 unspecified atom stereocenters. The zero-order valence-electron chi connectivity index (χ0n) is 11.4. The number of halogens is 1. The topological polar surface area (TPSA) is 17.0 Å². The first kappa shape index (κ1) is 12.6. The minimum absolute atomic E-state index is 0.575. The Morgan fingerprint density at radius 3 is 2.16 bits per heavy atom. The SMILES string of the molecule is Cc1ccc(C)n1NC1CC(c2ccc(Cl)cc2)C1. The van der Waals surface area contributed by atoms with E-state index in [-0.39, 0.29) is 0 Å². The van der Waals surface area contributed by atoms with Crippen molar-refractivity contribution >= 4 is 11.6 Å². The first-order chi connectivity index (χ1) is 9.13. The molecule has 0 atom stereocenters. The Morgan fingerprint density at radius 2 is 1.58 bits per heavy atom. The highest BCUT2D eigenvalue weighted by atomic mass is 35.5. The van der Waals surface area contributed by atoms with Crippen LogP contribution in [-0.4, -0.2) is 10.7 Å². The molecule has 0 amide bonds. The molecule has 3 rings (SSSR count). The lowest BCUT2D eigenvalue weighted by Gasteiger charge is -2.37. The fraction of sp³-hybridized carbons (Fsp3) is 0.375. The number of aryl methyl sites for hydroxylation is 2. The van der Waals surface area contributed by atoms with Gasteiger partial charge in [0.2, 0.25) is 0 Å². The number of hydrogen-bond acceptors (Lipinski definition) is 1. The van der Waals surface area contributed by atoms with Crippen LogP contribution in [0.5, 0.6) is 0 Å². The van der Waals surface area contributed by atoms with Crippen molar-refractivity contribution < 1.29 is 0 Å². The standard InChI is InChI=1S/C16H19ClN2/c1-11-3-4-12(2)19(11)18-16-9-14(10-16)13-5-7-15(17)8-6-13/h3-8,14,16,18H,9-10H2,1-2H3. The van der Waals surface area contributed by atoms with Crippen molar-refractivity contribution in [3.8, 4) is 0 Å². The smallest absolute Gasteiger partial charge is 0.0436 e. The Kier molecular flexibility index (Phi) is 3.28. The minimum atomic E-state index is 0.575. The molecule has 1 N–H and O–H groups in total. The van der Waals surface area contributed by atoms with Crippen LogP contribution in [0.15, 0.2) is 36.4 Å². The number of nitrogens with zero attached hydrogens (tertiary/aromatic N) is 1. The van der Waals surface area contributed by atoms with Gasteiger partial charge in [0.05, 0.1) is 0 Å². The third-order valence-electron chi connectivity index (χ3n) is 4.06. The average Bonchev–Trinajstić information content (AvgIpc) is 2.66. The van der Waals surface area contributed by atoms with E-state index >= 15 is 0 Å². The van der Waals surface area contributed by atoms with Gasteiger partial charge in [-0.15, -0.1) is 0 Å². The summed E-state index contributed by atoms with van der Waals surface area (Å²) >= 11 is 5.92. The summed E-state index contributed by atoms with van der Waals surface area (Å²) in [6, 6.07) is 13.1. The fourth-order valence-electron chi connectivity index (χ4n) is 2.79. The molecule has 2 nitrogen and oxygen atoms in total. The molecule has 2 aromatic rings. The van der Waals surface area contributed by atoms with Gasteiger partial charge in [0.15, 0.2) is 0 Å². The maximum atomic E-state index is 5.92. The largest absolute Gasteiger partial charge is 0.323 e. The Labute approximate surface area is 119 Å². The summed E-state index contributed by atoms with van der Waals surface area (Å²) < 4.78 is 2.20. The second-order valence-corrected chi connectivity index (χ2v) is 5.93. The highest BCUT2D eigenvalue weighted by molar-refractivity contribution is 6.30. The predicted octanol–water partition coefficient (Wildman–Crippen LogP) is 4.25. The van der Waals surface area contributed by atoms with Crippen LogP contribution in [0.4, 0.5) is 0 Å². The third kappa shape index (κ3) is 2.50. The van der Waals surface area contributed by atoms with Gasteiger partial charge in [-0.05, 0) is 62.4 Å². The molecule has 0 aliphatic heterocycles. The second kappa shape index (κ2) is 4.93. The zero-order chi connectivity index (χ0) is 13.4. The van der Waals surface area contributed by atoms with Gasteiger partial charge in [-0.1, -0.05) is 23.7 Å². The van der Waals surface area contributed by atoms with Crippen molar-refractivity contribution in [3.05, 3.63) is 58.4 Å². The van der Waals surface area contributed by atoms with Crippen LogP contribution in [0.3, 0.4) is 0 Å². The van der Waals surface area contributed by atoms with E-state index in [2.05, 4.69) is 48.2 Å². The molecule has 1 aliphatic carbocycles. The van der Waals surface area contributed by atoms with Crippen molar-refractivity contribution in [2.24, 2.45) is 0 Å². The Balaban J connectivity index is 1.60. The van der Waals surface area contributed by atoms with Crippen LogP contribution in [0.1, 0.15) is 35.7 Å². The van der Waals surface area contributed by atoms with Gasteiger partial charge in [0.1, 0.15) is 0 Å². The van der Waals surface area contributed by atoms with E-state index in [9.17, 15) is 0 Å². The summed E-state index contributed by atoms with van der Waals surface area (Å²) in [6.07, 6.45) is 2.39. The van der Waals surface area contributed by atoms with Gasteiger partial charge in [0, 0.05) is 22.5 Å². The van der Waals surface area contributed by atoms with Crippen molar-refractivity contribution in [3.63, 3.8) is 0 Å². The fourth-order valence-corrected chi connectivity index (χ4v) is 2.91. The Morgan fingerprint density at radius 1 is 1.00 bits per heavy atom. The van der Waals surface area contributed by atoms with E-state index in [0.717, 1.165) is 5.02 Å². The van der Waals surface area contributed by atoms with Crippen molar-refractivity contribution in [1.82, 2.24) is 4.68 Å². The summed E-state index contributed by atoms with van der Waals surface area (Å²) in [5, 5.41) is 0.816. The van der Waals surface area contributed by atoms with E-state index in [0.29, 0.717) is 12.0 Å². The lowest BCUT2D eigenvalue weighted by atomic mass is 9.76. The monoisotopic (exact) mass is 274 g/mol. The summed E-state index contributed by atoms with van der Waals surface area (Å²) in [4.78, 5) is 0. The molecule has 1 aromatic carbocycles. The third-order valence-corrected chi connectivity index (χ3v) is 4.31. The molecule has 1 fully saturated rings. The lowest BCUT2D eigenvalue weighted by molar-refractivity contribution is 0.350. The molecular weight excluding hydrogens is 256 g/mol.